The molecule has 0 spiro atoms. The predicted octanol–water partition coefficient (Wildman–Crippen LogP) is 1.53. The van der Waals surface area contributed by atoms with Crippen molar-refractivity contribution >= 4 is 28.7 Å². The van der Waals surface area contributed by atoms with Crippen molar-refractivity contribution in [1.82, 2.24) is 24.5 Å². The fourth-order valence-corrected chi connectivity index (χ4v) is 2.48. The van der Waals surface area contributed by atoms with Crippen molar-refractivity contribution < 1.29 is 4.79 Å². The lowest BCUT2D eigenvalue weighted by molar-refractivity contribution is 0.0802. The van der Waals surface area contributed by atoms with E-state index in [0.717, 1.165) is 5.01 Å². The summed E-state index contributed by atoms with van der Waals surface area (Å²) >= 11 is 1.45. The number of thiazole rings is 1. The Bertz CT molecular complexity index is 794. The molecule has 7 nitrogen and oxygen atoms in total. The van der Waals surface area contributed by atoms with Gasteiger partial charge in [-0.15, -0.1) is 16.4 Å². The summed E-state index contributed by atoms with van der Waals surface area (Å²) in [5.41, 5.74) is 7.01. The van der Waals surface area contributed by atoms with E-state index in [1.165, 1.54) is 15.9 Å². The van der Waals surface area contributed by atoms with Gasteiger partial charge in [-0.3, -0.25) is 4.79 Å². The van der Waals surface area contributed by atoms with Gasteiger partial charge in [-0.2, -0.15) is 4.52 Å². The summed E-state index contributed by atoms with van der Waals surface area (Å²) in [6, 6.07) is 3.30. The molecule has 0 aliphatic heterocycles. The van der Waals surface area contributed by atoms with Gasteiger partial charge >= 0.3 is 0 Å². The molecule has 0 fully saturated rings. The van der Waals surface area contributed by atoms with Crippen molar-refractivity contribution in [1.29, 1.82) is 0 Å². The molecule has 21 heavy (non-hydrogen) atoms. The van der Waals surface area contributed by atoms with Crippen LogP contribution in [0, 0.1) is 0 Å². The average molecular weight is 302 g/mol. The molecule has 0 unspecified atom stereocenters. The Hall–Kier alpha value is -2.48. The molecule has 0 aliphatic rings. The third-order valence-electron chi connectivity index (χ3n) is 3.16. The highest BCUT2D eigenvalue weighted by molar-refractivity contribution is 7.13. The lowest BCUT2D eigenvalue weighted by Gasteiger charge is -2.14. The molecule has 3 aromatic rings. The molecule has 3 aromatic heterocycles. The Labute approximate surface area is 125 Å². The van der Waals surface area contributed by atoms with Crippen molar-refractivity contribution in [3.05, 3.63) is 29.3 Å². The van der Waals surface area contributed by atoms with Gasteiger partial charge in [-0.25, -0.2) is 9.97 Å². The van der Waals surface area contributed by atoms with Crippen LogP contribution in [0.15, 0.2) is 23.7 Å². The van der Waals surface area contributed by atoms with Crippen molar-refractivity contribution in [3.63, 3.8) is 0 Å². The summed E-state index contributed by atoms with van der Waals surface area (Å²) in [6.45, 7) is 2.54. The van der Waals surface area contributed by atoms with Gasteiger partial charge in [0.15, 0.2) is 10.7 Å². The Kier molecular flexibility index (Phi) is 3.30. The number of amides is 1. The maximum absolute atomic E-state index is 12.2. The van der Waals surface area contributed by atoms with Crippen LogP contribution in [0.5, 0.6) is 0 Å². The second-order valence-electron chi connectivity index (χ2n) is 4.53. The van der Waals surface area contributed by atoms with Crippen LogP contribution in [-0.2, 0) is 0 Å². The molecule has 3 rings (SSSR count). The zero-order chi connectivity index (χ0) is 15.0. The number of anilines is 1. The Morgan fingerprint density at radius 1 is 1.48 bits per heavy atom. The molecular formula is C13H14N6OS. The summed E-state index contributed by atoms with van der Waals surface area (Å²) in [6.07, 6.45) is 1.69. The summed E-state index contributed by atoms with van der Waals surface area (Å²) in [5, 5.41) is 6.90. The number of hydrogen-bond donors (Lipinski definition) is 1. The van der Waals surface area contributed by atoms with Gasteiger partial charge in [0, 0.05) is 30.7 Å². The monoisotopic (exact) mass is 302 g/mol. The fourth-order valence-electron chi connectivity index (χ4n) is 1.92. The summed E-state index contributed by atoms with van der Waals surface area (Å²) < 4.78 is 1.51. The second-order valence-corrected chi connectivity index (χ2v) is 5.43. The maximum atomic E-state index is 12.2. The minimum absolute atomic E-state index is 0.0921. The van der Waals surface area contributed by atoms with Crippen LogP contribution in [0.4, 0.5) is 5.82 Å². The molecule has 3 heterocycles. The van der Waals surface area contributed by atoms with Crippen molar-refractivity contribution in [2.24, 2.45) is 0 Å². The van der Waals surface area contributed by atoms with E-state index in [4.69, 9.17) is 5.73 Å². The Morgan fingerprint density at radius 2 is 2.29 bits per heavy atom. The number of hydrogen-bond acceptors (Lipinski definition) is 6. The minimum Gasteiger partial charge on any atom is -0.384 e. The van der Waals surface area contributed by atoms with Gasteiger partial charge in [-0.1, -0.05) is 0 Å². The largest absolute Gasteiger partial charge is 0.384 e. The van der Waals surface area contributed by atoms with Crippen LogP contribution in [0.3, 0.4) is 0 Å². The van der Waals surface area contributed by atoms with E-state index in [1.54, 1.807) is 30.3 Å². The van der Waals surface area contributed by atoms with Crippen LogP contribution < -0.4 is 5.73 Å². The molecule has 108 valence electrons. The van der Waals surface area contributed by atoms with E-state index < -0.39 is 0 Å². The van der Waals surface area contributed by atoms with Crippen LogP contribution >= 0.6 is 11.3 Å². The van der Waals surface area contributed by atoms with E-state index in [2.05, 4.69) is 15.1 Å². The highest BCUT2D eigenvalue weighted by Gasteiger charge is 2.16. The van der Waals surface area contributed by atoms with E-state index in [9.17, 15) is 4.79 Å². The number of carbonyl (C=O) groups excluding carboxylic acids is 1. The van der Waals surface area contributed by atoms with E-state index in [1.807, 2.05) is 12.3 Å². The van der Waals surface area contributed by atoms with Gasteiger partial charge in [0.2, 0.25) is 5.82 Å². The van der Waals surface area contributed by atoms with Crippen LogP contribution in [0.25, 0.3) is 16.5 Å². The Morgan fingerprint density at radius 3 is 2.95 bits per heavy atom. The molecule has 8 heteroatoms. The number of nitrogens with zero attached hydrogens (tertiary/aromatic N) is 5. The first-order valence-electron chi connectivity index (χ1n) is 6.41. The molecule has 0 saturated heterocycles. The fraction of sp³-hybridized carbons (Fsp3) is 0.231. The third-order valence-corrected chi connectivity index (χ3v) is 3.93. The molecule has 0 bridgehead atoms. The highest BCUT2D eigenvalue weighted by atomic mass is 32.1. The van der Waals surface area contributed by atoms with Gasteiger partial charge in [-0.05, 0) is 19.1 Å². The SMILES string of the molecule is CCN(C)C(=O)c1cc(N)n2nc(-c3nccs3)nc2c1. The van der Waals surface area contributed by atoms with Crippen molar-refractivity contribution in [3.8, 4) is 10.8 Å². The predicted molar refractivity (Wildman–Crippen MR) is 81.1 cm³/mol. The van der Waals surface area contributed by atoms with Gasteiger partial charge in [0.25, 0.3) is 5.91 Å². The molecular weight excluding hydrogens is 288 g/mol. The van der Waals surface area contributed by atoms with Gasteiger partial charge < -0.3 is 10.6 Å². The molecule has 0 atom stereocenters. The minimum atomic E-state index is -0.0921. The number of rotatable bonds is 3. The smallest absolute Gasteiger partial charge is 0.253 e. The number of pyridine rings is 1. The Balaban J connectivity index is 2.09. The van der Waals surface area contributed by atoms with Gasteiger partial charge in [0.1, 0.15) is 5.82 Å². The van der Waals surface area contributed by atoms with Crippen LogP contribution in [0.1, 0.15) is 17.3 Å². The lowest BCUT2D eigenvalue weighted by atomic mass is 10.2. The normalized spacial score (nSPS) is 11.0. The zero-order valence-corrected chi connectivity index (χ0v) is 12.5. The summed E-state index contributed by atoms with van der Waals surface area (Å²) in [5.74, 6) is 0.784. The second kappa shape index (κ2) is 5.13. The first-order valence-corrected chi connectivity index (χ1v) is 7.29. The molecule has 0 saturated carbocycles. The first kappa shape index (κ1) is 13.5. The van der Waals surface area contributed by atoms with Crippen LogP contribution in [0.2, 0.25) is 0 Å². The topological polar surface area (TPSA) is 89.4 Å². The molecule has 2 N–H and O–H groups in total. The number of aromatic nitrogens is 4. The highest BCUT2D eigenvalue weighted by Crippen LogP contribution is 2.21. The standard InChI is InChI=1S/C13H14N6OS/c1-3-18(2)13(20)8-6-9(14)19-10(7-8)16-11(17-19)12-15-4-5-21-12/h4-7H,3,14H2,1-2H3. The number of nitrogens with two attached hydrogens (primary N) is 1. The summed E-state index contributed by atoms with van der Waals surface area (Å²) in [4.78, 5) is 22.4. The summed E-state index contributed by atoms with van der Waals surface area (Å²) in [7, 11) is 1.74. The van der Waals surface area contributed by atoms with E-state index >= 15 is 0 Å². The zero-order valence-electron chi connectivity index (χ0n) is 11.6. The molecule has 0 aromatic carbocycles. The van der Waals surface area contributed by atoms with Gasteiger partial charge in [0.05, 0.1) is 0 Å². The average Bonchev–Trinajstić information content (AvgIpc) is 3.13. The van der Waals surface area contributed by atoms with Crippen molar-refractivity contribution in [2.45, 2.75) is 6.92 Å². The number of fused-ring (bicyclic) bond motifs is 1. The molecule has 0 aliphatic carbocycles. The lowest BCUT2D eigenvalue weighted by Crippen LogP contribution is -2.26. The first-order chi connectivity index (χ1) is 10.1. The van der Waals surface area contributed by atoms with Crippen LogP contribution in [-0.4, -0.2) is 44.0 Å². The van der Waals surface area contributed by atoms with Crippen molar-refractivity contribution in [2.75, 3.05) is 19.3 Å². The maximum Gasteiger partial charge on any atom is 0.253 e. The molecule has 1 amide bonds. The van der Waals surface area contributed by atoms with E-state index in [0.29, 0.717) is 29.4 Å². The number of carbonyl (C=O) groups is 1. The number of nitrogen functional groups attached to an aromatic ring is 1. The third kappa shape index (κ3) is 2.33. The quantitative estimate of drug-likeness (QED) is 0.792. The molecule has 0 radical (unpaired) electrons. The van der Waals surface area contributed by atoms with E-state index in [-0.39, 0.29) is 5.91 Å².